The fourth-order valence-electron chi connectivity index (χ4n) is 3.13. The molecule has 0 aliphatic rings. The van der Waals surface area contributed by atoms with Crippen LogP contribution in [0.5, 0.6) is 11.5 Å². The second-order valence-corrected chi connectivity index (χ2v) is 6.51. The molecule has 0 saturated carbocycles. The molecule has 0 bridgehead atoms. The van der Waals surface area contributed by atoms with Crippen molar-refractivity contribution in [2.45, 2.75) is 13.8 Å². The van der Waals surface area contributed by atoms with Crippen molar-refractivity contribution in [2.75, 3.05) is 31.0 Å². The molecular formula is C23H25N3O3. The van der Waals surface area contributed by atoms with Crippen LogP contribution in [0.3, 0.4) is 0 Å². The summed E-state index contributed by atoms with van der Waals surface area (Å²) in [6, 6.07) is 17.2. The van der Waals surface area contributed by atoms with Crippen molar-refractivity contribution >= 4 is 23.0 Å². The molecule has 1 N–H and O–H groups in total. The number of benzene rings is 2. The molecule has 0 saturated heterocycles. The van der Waals surface area contributed by atoms with E-state index in [1.165, 1.54) is 5.56 Å². The number of methoxy groups -OCH3 is 2. The van der Waals surface area contributed by atoms with Gasteiger partial charge in [0.05, 0.1) is 14.2 Å². The van der Waals surface area contributed by atoms with Crippen molar-refractivity contribution in [1.29, 1.82) is 0 Å². The molecule has 2 aromatic carbocycles. The Morgan fingerprint density at radius 3 is 2.45 bits per heavy atom. The van der Waals surface area contributed by atoms with Gasteiger partial charge in [0.2, 0.25) is 0 Å². The van der Waals surface area contributed by atoms with Gasteiger partial charge < -0.3 is 19.7 Å². The standard InChI is InChI=1S/C23H25N3O3/c1-5-26(18-8-6-7-16(2)13-18)19-11-12-24-20(15-19)23(27)25-17-9-10-21(28-3)22(14-17)29-4/h6-15H,5H2,1-4H3,(H,25,27). The van der Waals surface area contributed by atoms with Gasteiger partial charge in [-0.15, -0.1) is 0 Å². The van der Waals surface area contributed by atoms with Gasteiger partial charge in [-0.2, -0.15) is 0 Å². The van der Waals surface area contributed by atoms with E-state index < -0.39 is 0 Å². The first-order valence-corrected chi connectivity index (χ1v) is 9.39. The van der Waals surface area contributed by atoms with Crippen molar-refractivity contribution in [3.8, 4) is 11.5 Å². The number of pyridine rings is 1. The van der Waals surface area contributed by atoms with E-state index in [2.05, 4.69) is 47.2 Å². The van der Waals surface area contributed by atoms with Gasteiger partial charge >= 0.3 is 0 Å². The maximum absolute atomic E-state index is 12.8. The molecule has 0 radical (unpaired) electrons. The summed E-state index contributed by atoms with van der Waals surface area (Å²) in [4.78, 5) is 19.1. The van der Waals surface area contributed by atoms with Gasteiger partial charge in [-0.25, -0.2) is 0 Å². The highest BCUT2D eigenvalue weighted by molar-refractivity contribution is 6.03. The maximum atomic E-state index is 12.8. The third-order valence-corrected chi connectivity index (χ3v) is 4.56. The number of aromatic nitrogens is 1. The SMILES string of the molecule is CCN(c1cccc(C)c1)c1ccnc(C(=O)Nc2ccc(OC)c(OC)c2)c1. The first-order chi connectivity index (χ1) is 14.0. The summed E-state index contributed by atoms with van der Waals surface area (Å²) in [5.41, 5.74) is 4.10. The number of hydrogen-bond donors (Lipinski definition) is 1. The topological polar surface area (TPSA) is 63.7 Å². The van der Waals surface area contributed by atoms with Crippen LogP contribution >= 0.6 is 0 Å². The van der Waals surface area contributed by atoms with E-state index in [4.69, 9.17) is 9.47 Å². The number of hydrogen-bond acceptors (Lipinski definition) is 5. The number of carbonyl (C=O) groups is 1. The van der Waals surface area contributed by atoms with Crippen LogP contribution in [0.25, 0.3) is 0 Å². The molecule has 0 fully saturated rings. The normalized spacial score (nSPS) is 10.3. The fourth-order valence-corrected chi connectivity index (χ4v) is 3.13. The molecule has 6 nitrogen and oxygen atoms in total. The first kappa shape index (κ1) is 20.2. The highest BCUT2D eigenvalue weighted by atomic mass is 16.5. The monoisotopic (exact) mass is 391 g/mol. The van der Waals surface area contributed by atoms with Gasteiger partial charge in [0.15, 0.2) is 11.5 Å². The van der Waals surface area contributed by atoms with Crippen LogP contribution in [0.15, 0.2) is 60.8 Å². The zero-order valence-corrected chi connectivity index (χ0v) is 17.1. The molecule has 0 unspecified atom stereocenters. The molecule has 3 rings (SSSR count). The number of amides is 1. The van der Waals surface area contributed by atoms with E-state index >= 15 is 0 Å². The van der Waals surface area contributed by atoms with E-state index in [9.17, 15) is 4.79 Å². The summed E-state index contributed by atoms with van der Waals surface area (Å²) < 4.78 is 10.5. The largest absolute Gasteiger partial charge is 0.493 e. The number of nitrogens with one attached hydrogen (secondary N) is 1. The van der Waals surface area contributed by atoms with Gasteiger partial charge in [-0.05, 0) is 55.8 Å². The quantitative estimate of drug-likeness (QED) is 0.626. The Kier molecular flexibility index (Phi) is 6.34. The minimum Gasteiger partial charge on any atom is -0.493 e. The van der Waals surface area contributed by atoms with E-state index in [0.29, 0.717) is 22.9 Å². The summed E-state index contributed by atoms with van der Waals surface area (Å²) in [5, 5.41) is 2.86. The predicted octanol–water partition coefficient (Wildman–Crippen LogP) is 4.82. The third kappa shape index (κ3) is 4.66. The number of nitrogens with zero attached hydrogens (tertiary/aromatic N) is 2. The lowest BCUT2D eigenvalue weighted by molar-refractivity contribution is 0.102. The van der Waals surface area contributed by atoms with Gasteiger partial charge in [0.1, 0.15) is 5.69 Å². The molecule has 29 heavy (non-hydrogen) atoms. The van der Waals surface area contributed by atoms with Crippen molar-refractivity contribution in [3.05, 3.63) is 72.1 Å². The second-order valence-electron chi connectivity index (χ2n) is 6.51. The average Bonchev–Trinajstić information content (AvgIpc) is 2.74. The molecule has 1 heterocycles. The molecule has 0 aliphatic heterocycles. The minimum atomic E-state index is -0.292. The fraction of sp³-hybridized carbons (Fsp3) is 0.217. The lowest BCUT2D eigenvalue weighted by atomic mass is 10.2. The molecule has 3 aromatic rings. The highest BCUT2D eigenvalue weighted by Crippen LogP contribution is 2.30. The molecule has 6 heteroatoms. The Morgan fingerprint density at radius 2 is 1.76 bits per heavy atom. The summed E-state index contributed by atoms with van der Waals surface area (Å²) >= 11 is 0. The zero-order chi connectivity index (χ0) is 20.8. The summed E-state index contributed by atoms with van der Waals surface area (Å²) in [6.45, 7) is 4.90. The zero-order valence-electron chi connectivity index (χ0n) is 17.1. The molecule has 1 aromatic heterocycles. The minimum absolute atomic E-state index is 0.292. The molecule has 0 spiro atoms. The van der Waals surface area contributed by atoms with E-state index in [-0.39, 0.29) is 5.91 Å². The van der Waals surface area contributed by atoms with Crippen molar-refractivity contribution < 1.29 is 14.3 Å². The Morgan fingerprint density at radius 1 is 1.00 bits per heavy atom. The smallest absolute Gasteiger partial charge is 0.274 e. The Balaban J connectivity index is 1.84. The van der Waals surface area contributed by atoms with Gasteiger partial charge in [-0.1, -0.05) is 12.1 Å². The number of ether oxygens (including phenoxy) is 2. The van der Waals surface area contributed by atoms with Gasteiger partial charge in [0.25, 0.3) is 5.91 Å². The van der Waals surface area contributed by atoms with Crippen molar-refractivity contribution in [2.24, 2.45) is 0 Å². The van der Waals surface area contributed by atoms with Crippen LogP contribution in [0.2, 0.25) is 0 Å². The van der Waals surface area contributed by atoms with Crippen molar-refractivity contribution in [3.63, 3.8) is 0 Å². The first-order valence-electron chi connectivity index (χ1n) is 9.39. The lowest BCUT2D eigenvalue weighted by Gasteiger charge is -2.24. The van der Waals surface area contributed by atoms with E-state index in [1.807, 2.05) is 12.1 Å². The Labute approximate surface area is 171 Å². The third-order valence-electron chi connectivity index (χ3n) is 4.56. The number of aryl methyl sites for hydroxylation is 1. The highest BCUT2D eigenvalue weighted by Gasteiger charge is 2.14. The Hall–Kier alpha value is -3.54. The van der Waals surface area contributed by atoms with Crippen LogP contribution in [-0.2, 0) is 0 Å². The predicted molar refractivity (Wildman–Crippen MR) is 116 cm³/mol. The van der Waals surface area contributed by atoms with Crippen LogP contribution in [-0.4, -0.2) is 31.7 Å². The van der Waals surface area contributed by atoms with E-state index in [0.717, 1.165) is 17.9 Å². The lowest BCUT2D eigenvalue weighted by Crippen LogP contribution is -2.18. The average molecular weight is 391 g/mol. The molecule has 0 atom stereocenters. The molecular weight excluding hydrogens is 366 g/mol. The maximum Gasteiger partial charge on any atom is 0.274 e. The summed E-state index contributed by atoms with van der Waals surface area (Å²) in [5.74, 6) is 0.852. The van der Waals surface area contributed by atoms with Crippen LogP contribution in [0, 0.1) is 6.92 Å². The summed E-state index contributed by atoms with van der Waals surface area (Å²) in [6.07, 6.45) is 1.65. The van der Waals surface area contributed by atoms with Gasteiger partial charge in [-0.3, -0.25) is 9.78 Å². The summed E-state index contributed by atoms with van der Waals surface area (Å²) in [7, 11) is 3.12. The number of rotatable bonds is 7. The van der Waals surface area contributed by atoms with E-state index in [1.54, 1.807) is 44.7 Å². The van der Waals surface area contributed by atoms with Crippen molar-refractivity contribution in [1.82, 2.24) is 4.98 Å². The molecule has 1 amide bonds. The van der Waals surface area contributed by atoms with Gasteiger partial charge in [0, 0.05) is 35.9 Å². The van der Waals surface area contributed by atoms with Crippen LogP contribution in [0.4, 0.5) is 17.1 Å². The Bertz CT molecular complexity index is 1000. The molecule has 150 valence electrons. The number of carbonyl (C=O) groups excluding carboxylic acids is 1. The number of anilines is 3. The molecule has 0 aliphatic carbocycles. The van der Waals surface area contributed by atoms with Crippen LogP contribution < -0.4 is 19.7 Å². The van der Waals surface area contributed by atoms with Crippen LogP contribution in [0.1, 0.15) is 23.0 Å². The second kappa shape index (κ2) is 9.10.